The first-order chi connectivity index (χ1) is 13.4. The highest BCUT2D eigenvalue weighted by Gasteiger charge is 2.48. The summed E-state index contributed by atoms with van der Waals surface area (Å²) >= 11 is 0. The molecule has 1 fully saturated rings. The van der Waals surface area contributed by atoms with Crippen molar-refractivity contribution in [3.8, 4) is 6.07 Å². The van der Waals surface area contributed by atoms with E-state index in [-0.39, 0.29) is 29.8 Å². The van der Waals surface area contributed by atoms with E-state index >= 15 is 0 Å². The van der Waals surface area contributed by atoms with Crippen molar-refractivity contribution in [3.63, 3.8) is 0 Å². The van der Waals surface area contributed by atoms with Crippen molar-refractivity contribution >= 4 is 17.5 Å². The number of hydrogen-bond acceptors (Lipinski definition) is 5. The van der Waals surface area contributed by atoms with Gasteiger partial charge in [-0.3, -0.25) is 19.4 Å². The van der Waals surface area contributed by atoms with Crippen LogP contribution in [0, 0.1) is 17.2 Å². The van der Waals surface area contributed by atoms with Crippen molar-refractivity contribution in [2.45, 2.75) is 39.4 Å². The van der Waals surface area contributed by atoms with Crippen LogP contribution in [0.3, 0.4) is 0 Å². The fraction of sp³-hybridized carbons (Fsp3) is 0.364. The Morgan fingerprint density at radius 3 is 2.46 bits per heavy atom. The third kappa shape index (κ3) is 3.80. The molecule has 1 saturated heterocycles. The second-order valence-electron chi connectivity index (χ2n) is 7.38. The van der Waals surface area contributed by atoms with Gasteiger partial charge in [-0.25, -0.2) is 4.98 Å². The van der Waals surface area contributed by atoms with E-state index in [9.17, 15) is 9.59 Å². The smallest absolute Gasteiger partial charge is 0.247 e. The summed E-state index contributed by atoms with van der Waals surface area (Å²) in [5.74, 6) is 0.725. The van der Waals surface area contributed by atoms with Gasteiger partial charge in [0.05, 0.1) is 17.7 Å². The minimum Gasteiger partial charge on any atom is -0.300 e. The maximum absolute atomic E-state index is 13.4. The lowest BCUT2D eigenvalue weighted by atomic mass is 10.0. The monoisotopic (exact) mass is 376 g/mol. The second kappa shape index (κ2) is 8.32. The highest BCUT2D eigenvalue weighted by molar-refractivity contribution is 5.99. The molecule has 0 bridgehead atoms. The minimum absolute atomic E-state index is 0.0217. The summed E-state index contributed by atoms with van der Waals surface area (Å²) in [6, 6.07) is 14.5. The van der Waals surface area contributed by atoms with E-state index in [0.29, 0.717) is 24.3 Å². The molecule has 0 radical (unpaired) electrons. The SMILES string of the molecule is CC(=O)CCN1[C@@H](C(C)C)C(=O)N(c2ccccn2)[C@H]1c1ccc(C#N)cc1. The second-order valence-corrected chi connectivity index (χ2v) is 7.38. The Kier molecular flexibility index (Phi) is 5.86. The van der Waals surface area contributed by atoms with E-state index in [1.54, 1.807) is 30.2 Å². The van der Waals surface area contributed by atoms with Gasteiger partial charge in [-0.2, -0.15) is 5.26 Å². The van der Waals surface area contributed by atoms with Gasteiger partial charge in [0.25, 0.3) is 0 Å². The van der Waals surface area contributed by atoms with Gasteiger partial charge in [-0.15, -0.1) is 0 Å². The largest absolute Gasteiger partial charge is 0.300 e. The van der Waals surface area contributed by atoms with E-state index in [0.717, 1.165) is 5.56 Å². The number of pyridine rings is 1. The van der Waals surface area contributed by atoms with Crippen LogP contribution in [0.4, 0.5) is 5.82 Å². The Hall–Kier alpha value is -3.04. The summed E-state index contributed by atoms with van der Waals surface area (Å²) in [5, 5.41) is 9.11. The molecule has 6 heteroatoms. The molecular weight excluding hydrogens is 352 g/mol. The van der Waals surface area contributed by atoms with Gasteiger partial charge in [0.1, 0.15) is 17.8 Å². The lowest BCUT2D eigenvalue weighted by Gasteiger charge is -2.32. The predicted octanol–water partition coefficient (Wildman–Crippen LogP) is 3.30. The topological polar surface area (TPSA) is 77.3 Å². The van der Waals surface area contributed by atoms with Crippen LogP contribution in [0.15, 0.2) is 48.7 Å². The highest BCUT2D eigenvalue weighted by atomic mass is 16.2. The molecule has 2 aromatic rings. The number of benzene rings is 1. The molecule has 0 unspecified atom stereocenters. The molecule has 1 aliphatic rings. The number of ketones is 1. The Morgan fingerprint density at radius 1 is 1.21 bits per heavy atom. The first-order valence-electron chi connectivity index (χ1n) is 9.43. The maximum Gasteiger partial charge on any atom is 0.247 e. The fourth-order valence-electron chi connectivity index (χ4n) is 3.73. The van der Waals surface area contributed by atoms with Crippen LogP contribution in [0.2, 0.25) is 0 Å². The molecule has 2 atom stereocenters. The van der Waals surface area contributed by atoms with Crippen molar-refractivity contribution in [1.82, 2.24) is 9.88 Å². The van der Waals surface area contributed by atoms with Crippen LogP contribution in [0.5, 0.6) is 0 Å². The summed E-state index contributed by atoms with van der Waals surface area (Å²) in [4.78, 5) is 33.3. The van der Waals surface area contributed by atoms with Crippen LogP contribution in [-0.4, -0.2) is 34.2 Å². The van der Waals surface area contributed by atoms with E-state index in [4.69, 9.17) is 5.26 Å². The molecule has 1 aliphatic heterocycles. The third-order valence-corrected chi connectivity index (χ3v) is 4.99. The molecule has 3 rings (SSSR count). The quantitative estimate of drug-likeness (QED) is 0.773. The Morgan fingerprint density at radius 2 is 1.93 bits per heavy atom. The first-order valence-corrected chi connectivity index (χ1v) is 9.43. The molecule has 1 aromatic carbocycles. The number of Topliss-reactive ketones (excluding diaryl/α,β-unsaturated/α-hetero) is 1. The van der Waals surface area contributed by atoms with Crippen molar-refractivity contribution in [2.24, 2.45) is 5.92 Å². The number of rotatable bonds is 6. The summed E-state index contributed by atoms with van der Waals surface area (Å²) in [6.07, 6.45) is 1.67. The van der Waals surface area contributed by atoms with Crippen LogP contribution in [0.25, 0.3) is 0 Å². The van der Waals surface area contributed by atoms with Gasteiger partial charge >= 0.3 is 0 Å². The highest BCUT2D eigenvalue weighted by Crippen LogP contribution is 2.39. The number of hydrogen-bond donors (Lipinski definition) is 0. The molecule has 6 nitrogen and oxygen atoms in total. The maximum atomic E-state index is 13.4. The van der Waals surface area contributed by atoms with Gasteiger partial charge in [-0.1, -0.05) is 32.0 Å². The molecule has 0 N–H and O–H groups in total. The first kappa shape index (κ1) is 19.7. The molecular formula is C22H24N4O2. The zero-order chi connectivity index (χ0) is 20.3. The van der Waals surface area contributed by atoms with E-state index < -0.39 is 0 Å². The molecule has 0 aliphatic carbocycles. The van der Waals surface area contributed by atoms with Crippen molar-refractivity contribution in [3.05, 3.63) is 59.8 Å². The normalized spacial score (nSPS) is 19.8. The van der Waals surface area contributed by atoms with Gasteiger partial charge in [0.2, 0.25) is 5.91 Å². The lowest BCUT2D eigenvalue weighted by molar-refractivity contribution is -0.122. The van der Waals surface area contributed by atoms with Gasteiger partial charge in [0, 0.05) is 19.2 Å². The van der Waals surface area contributed by atoms with Crippen LogP contribution >= 0.6 is 0 Å². The van der Waals surface area contributed by atoms with Gasteiger partial charge in [-0.05, 0) is 42.7 Å². The molecule has 144 valence electrons. The van der Waals surface area contributed by atoms with Crippen LogP contribution < -0.4 is 4.90 Å². The lowest BCUT2D eigenvalue weighted by Crippen LogP contribution is -2.39. The molecule has 0 spiro atoms. The fourth-order valence-corrected chi connectivity index (χ4v) is 3.73. The van der Waals surface area contributed by atoms with Crippen molar-refractivity contribution < 1.29 is 9.59 Å². The summed E-state index contributed by atoms with van der Waals surface area (Å²) in [5.41, 5.74) is 1.46. The number of nitrogens with zero attached hydrogens (tertiary/aromatic N) is 4. The minimum atomic E-state index is -0.373. The number of carbonyl (C=O) groups is 2. The van der Waals surface area contributed by atoms with Crippen LogP contribution in [-0.2, 0) is 9.59 Å². The van der Waals surface area contributed by atoms with E-state index in [1.165, 1.54) is 0 Å². The number of carbonyl (C=O) groups excluding carboxylic acids is 2. The average molecular weight is 376 g/mol. The Balaban J connectivity index is 2.10. The zero-order valence-corrected chi connectivity index (χ0v) is 16.4. The zero-order valence-electron chi connectivity index (χ0n) is 16.4. The third-order valence-electron chi connectivity index (χ3n) is 4.99. The Bertz CT molecular complexity index is 887. The number of anilines is 1. The summed E-state index contributed by atoms with van der Waals surface area (Å²) in [6.45, 7) is 6.08. The summed E-state index contributed by atoms with van der Waals surface area (Å²) in [7, 11) is 0. The number of aromatic nitrogens is 1. The van der Waals surface area contributed by atoms with Gasteiger partial charge in [0.15, 0.2) is 0 Å². The van der Waals surface area contributed by atoms with E-state index in [2.05, 4.69) is 16.0 Å². The average Bonchev–Trinajstić information content (AvgIpc) is 2.99. The van der Waals surface area contributed by atoms with Crippen molar-refractivity contribution in [1.29, 1.82) is 5.26 Å². The molecule has 1 amide bonds. The van der Waals surface area contributed by atoms with Crippen LogP contribution in [0.1, 0.15) is 44.5 Å². The van der Waals surface area contributed by atoms with Crippen molar-refractivity contribution in [2.75, 3.05) is 11.4 Å². The molecule has 1 aromatic heterocycles. The molecule has 28 heavy (non-hydrogen) atoms. The predicted molar refractivity (Wildman–Crippen MR) is 106 cm³/mol. The number of amides is 1. The van der Waals surface area contributed by atoms with Gasteiger partial charge < -0.3 is 0 Å². The summed E-state index contributed by atoms with van der Waals surface area (Å²) < 4.78 is 0. The Labute approximate surface area is 165 Å². The van der Waals surface area contributed by atoms with E-state index in [1.807, 2.05) is 44.2 Å². The molecule has 0 saturated carbocycles. The standard InChI is InChI=1S/C22H24N4O2/c1-15(2)20-22(28)26(19-6-4-5-12-24-19)21(25(20)13-11-16(3)27)18-9-7-17(14-23)8-10-18/h4-10,12,15,20-21H,11,13H2,1-3H3/t20-,21-/m0/s1. The molecule has 2 heterocycles. The number of nitriles is 1.